The van der Waals surface area contributed by atoms with Crippen LogP contribution in [0.25, 0.3) is 0 Å². The van der Waals surface area contributed by atoms with Gasteiger partial charge in [0.25, 0.3) is 0 Å². The topological polar surface area (TPSA) is 0 Å². The molecule has 0 radical (unpaired) electrons. The van der Waals surface area contributed by atoms with Gasteiger partial charge in [-0.1, -0.05) is 40.2 Å². The minimum atomic E-state index is 0.683. The Bertz CT molecular complexity index is 103. The van der Waals surface area contributed by atoms with Gasteiger partial charge in [-0.3, -0.25) is 0 Å². The van der Waals surface area contributed by atoms with Gasteiger partial charge >= 0.3 is 0 Å². The van der Waals surface area contributed by atoms with Crippen molar-refractivity contribution in [3.63, 3.8) is 0 Å². The first-order valence-corrected chi connectivity index (χ1v) is 4.74. The number of rotatable bonds is 5. The molecule has 2 atom stereocenters. The highest BCUT2D eigenvalue weighted by Gasteiger charge is 2.12. The predicted molar refractivity (Wildman–Crippen MR) is 52.6 cm³/mol. The van der Waals surface area contributed by atoms with Crippen molar-refractivity contribution in [3.05, 3.63) is 12.7 Å². The van der Waals surface area contributed by atoms with Crippen LogP contribution in [0.1, 0.15) is 40.5 Å². The second kappa shape index (κ2) is 5.40. The zero-order chi connectivity index (χ0) is 8.85. The number of hydrogen-bond donors (Lipinski definition) is 0. The Labute approximate surface area is 71.7 Å². The van der Waals surface area contributed by atoms with Crippen molar-refractivity contribution < 1.29 is 0 Å². The molecule has 0 heteroatoms. The summed E-state index contributed by atoms with van der Waals surface area (Å²) in [5.41, 5.74) is 0. The van der Waals surface area contributed by atoms with Crippen molar-refractivity contribution in [1.82, 2.24) is 0 Å². The molecule has 0 aromatic carbocycles. The first-order chi connectivity index (χ1) is 5.11. The van der Waals surface area contributed by atoms with Gasteiger partial charge in [0.1, 0.15) is 0 Å². The third-order valence-electron chi connectivity index (χ3n) is 2.54. The minimum absolute atomic E-state index is 0.683. The Hall–Kier alpha value is -0.260. The van der Waals surface area contributed by atoms with Crippen LogP contribution in [0.3, 0.4) is 0 Å². The van der Waals surface area contributed by atoms with Crippen molar-refractivity contribution in [1.29, 1.82) is 0 Å². The van der Waals surface area contributed by atoms with Gasteiger partial charge in [0, 0.05) is 0 Å². The minimum Gasteiger partial charge on any atom is -0.103 e. The first kappa shape index (κ1) is 10.7. The van der Waals surface area contributed by atoms with Crippen molar-refractivity contribution in [2.75, 3.05) is 0 Å². The van der Waals surface area contributed by atoms with E-state index in [-0.39, 0.29) is 0 Å². The molecule has 0 nitrogen and oxygen atoms in total. The van der Waals surface area contributed by atoms with Crippen molar-refractivity contribution in [2.45, 2.75) is 40.5 Å². The highest BCUT2D eigenvalue weighted by atomic mass is 14.2. The molecule has 0 aromatic rings. The number of hydrogen-bond acceptors (Lipinski definition) is 0. The summed E-state index contributed by atoms with van der Waals surface area (Å²) in [5.74, 6) is 2.38. The van der Waals surface area contributed by atoms with Crippen LogP contribution in [0.15, 0.2) is 12.7 Å². The first-order valence-electron chi connectivity index (χ1n) is 4.74. The van der Waals surface area contributed by atoms with Crippen LogP contribution in [0.2, 0.25) is 0 Å². The summed E-state index contributed by atoms with van der Waals surface area (Å²) in [6.45, 7) is 13.0. The van der Waals surface area contributed by atoms with E-state index in [9.17, 15) is 0 Å². The molecule has 0 saturated heterocycles. The van der Waals surface area contributed by atoms with Gasteiger partial charge in [-0.05, 0) is 24.2 Å². The van der Waals surface area contributed by atoms with Crippen LogP contribution in [0.5, 0.6) is 0 Å². The van der Waals surface area contributed by atoms with Gasteiger partial charge in [-0.15, -0.1) is 6.58 Å². The lowest BCUT2D eigenvalue weighted by Gasteiger charge is -2.20. The summed E-state index contributed by atoms with van der Waals surface area (Å²) in [7, 11) is 0. The van der Waals surface area contributed by atoms with Crippen LogP contribution < -0.4 is 0 Å². The average molecular weight is 154 g/mol. The van der Waals surface area contributed by atoms with Crippen LogP contribution in [-0.2, 0) is 0 Å². The van der Waals surface area contributed by atoms with E-state index >= 15 is 0 Å². The maximum atomic E-state index is 3.81. The lowest BCUT2D eigenvalue weighted by Crippen LogP contribution is -2.10. The van der Waals surface area contributed by atoms with Gasteiger partial charge < -0.3 is 0 Å². The summed E-state index contributed by atoms with van der Waals surface area (Å²) in [6, 6.07) is 0. The maximum Gasteiger partial charge on any atom is -0.0262 e. The SMILES string of the molecule is C=CC(C)CC(CC)C(C)C. The quantitative estimate of drug-likeness (QED) is 0.527. The van der Waals surface area contributed by atoms with E-state index in [1.165, 1.54) is 12.8 Å². The highest BCUT2D eigenvalue weighted by Crippen LogP contribution is 2.23. The molecule has 0 rings (SSSR count). The highest BCUT2D eigenvalue weighted by molar-refractivity contribution is 4.78. The van der Waals surface area contributed by atoms with Gasteiger partial charge in [0.15, 0.2) is 0 Å². The molecule has 0 spiro atoms. The molecule has 0 amide bonds. The van der Waals surface area contributed by atoms with E-state index in [1.54, 1.807) is 0 Å². The van der Waals surface area contributed by atoms with E-state index < -0.39 is 0 Å². The molecule has 0 aliphatic heterocycles. The fraction of sp³-hybridized carbons (Fsp3) is 0.818. The average Bonchev–Trinajstić information content (AvgIpc) is 1.99. The molecule has 11 heavy (non-hydrogen) atoms. The van der Waals surface area contributed by atoms with Crippen LogP contribution >= 0.6 is 0 Å². The van der Waals surface area contributed by atoms with Crippen LogP contribution in [-0.4, -0.2) is 0 Å². The number of allylic oxidation sites excluding steroid dienone is 1. The summed E-state index contributed by atoms with van der Waals surface area (Å²) in [4.78, 5) is 0. The molecule has 66 valence electrons. The fourth-order valence-electron chi connectivity index (χ4n) is 1.48. The molecular formula is C11H22. The molecule has 2 unspecified atom stereocenters. The summed E-state index contributed by atoms with van der Waals surface area (Å²) >= 11 is 0. The lowest BCUT2D eigenvalue weighted by atomic mass is 9.85. The van der Waals surface area contributed by atoms with Crippen LogP contribution in [0, 0.1) is 17.8 Å². The molecule has 0 heterocycles. The normalized spacial score (nSPS) is 16.5. The van der Waals surface area contributed by atoms with Gasteiger partial charge in [0.2, 0.25) is 0 Å². The van der Waals surface area contributed by atoms with E-state index in [4.69, 9.17) is 0 Å². The van der Waals surface area contributed by atoms with E-state index in [0.717, 1.165) is 11.8 Å². The van der Waals surface area contributed by atoms with Gasteiger partial charge in [-0.25, -0.2) is 0 Å². The monoisotopic (exact) mass is 154 g/mol. The molecule has 0 fully saturated rings. The maximum absolute atomic E-state index is 3.81. The molecule has 0 N–H and O–H groups in total. The van der Waals surface area contributed by atoms with Gasteiger partial charge in [-0.2, -0.15) is 0 Å². The molecule has 0 aliphatic carbocycles. The van der Waals surface area contributed by atoms with Crippen LogP contribution in [0.4, 0.5) is 0 Å². The van der Waals surface area contributed by atoms with Crippen molar-refractivity contribution in [3.8, 4) is 0 Å². The molecule has 0 aliphatic rings. The summed E-state index contributed by atoms with van der Waals surface area (Å²) in [5, 5.41) is 0. The third kappa shape index (κ3) is 4.23. The second-order valence-electron chi connectivity index (χ2n) is 3.86. The smallest absolute Gasteiger partial charge is 0.0262 e. The lowest BCUT2D eigenvalue weighted by molar-refractivity contribution is 0.320. The zero-order valence-corrected chi connectivity index (χ0v) is 8.43. The Kier molecular flexibility index (Phi) is 5.27. The largest absolute Gasteiger partial charge is 0.103 e. The molecule has 0 saturated carbocycles. The van der Waals surface area contributed by atoms with Crippen molar-refractivity contribution >= 4 is 0 Å². The molecule has 0 aromatic heterocycles. The van der Waals surface area contributed by atoms with E-state index in [2.05, 4.69) is 40.3 Å². The predicted octanol–water partition coefficient (Wildman–Crippen LogP) is 3.88. The fourth-order valence-corrected chi connectivity index (χ4v) is 1.48. The third-order valence-corrected chi connectivity index (χ3v) is 2.54. The Morgan fingerprint density at radius 1 is 1.27 bits per heavy atom. The summed E-state index contributed by atoms with van der Waals surface area (Å²) < 4.78 is 0. The molecule has 0 bridgehead atoms. The Balaban J connectivity index is 3.77. The Morgan fingerprint density at radius 3 is 2.09 bits per heavy atom. The second-order valence-corrected chi connectivity index (χ2v) is 3.86. The Morgan fingerprint density at radius 2 is 1.82 bits per heavy atom. The standard InChI is InChI=1S/C11H22/c1-6-10(5)8-11(7-2)9(3)4/h6,9-11H,1,7-8H2,2-5H3. The van der Waals surface area contributed by atoms with Gasteiger partial charge in [0.05, 0.1) is 0 Å². The van der Waals surface area contributed by atoms with E-state index in [0.29, 0.717) is 5.92 Å². The van der Waals surface area contributed by atoms with E-state index in [1.807, 2.05) is 0 Å². The van der Waals surface area contributed by atoms with Crippen molar-refractivity contribution in [2.24, 2.45) is 17.8 Å². The summed E-state index contributed by atoms with van der Waals surface area (Å²) in [6.07, 6.45) is 4.67. The zero-order valence-electron chi connectivity index (χ0n) is 8.43. The molecular weight excluding hydrogens is 132 g/mol.